The number of aromatic nitrogens is 1. The van der Waals surface area contributed by atoms with Crippen LogP contribution in [-0.4, -0.2) is 15.8 Å². The molecule has 8 heteroatoms. The van der Waals surface area contributed by atoms with Crippen LogP contribution in [0, 0.1) is 23.5 Å². The zero-order valence-electron chi connectivity index (χ0n) is 10.7. The number of rotatable bonds is 3. The second-order valence-electron chi connectivity index (χ2n) is 4.02. The van der Waals surface area contributed by atoms with E-state index in [1.54, 1.807) is 12.1 Å². The normalized spacial score (nSPS) is 11.6. The molecule has 2 N–H and O–H groups in total. The predicted octanol–water partition coefficient (Wildman–Crippen LogP) is 3.18. The number of hydrogen-bond donors (Lipinski definition) is 2. The van der Waals surface area contributed by atoms with Crippen molar-refractivity contribution in [3.05, 3.63) is 53.4 Å². The maximum absolute atomic E-state index is 13.3. The minimum atomic E-state index is -1.79. The Bertz CT molecular complexity index is 693. The quantitative estimate of drug-likeness (QED) is 0.396. The van der Waals surface area contributed by atoms with Gasteiger partial charge in [-0.25, -0.2) is 0 Å². The maximum Gasteiger partial charge on any atom is 0.254 e. The molecule has 0 spiro atoms. The molecule has 0 saturated heterocycles. The fraction of sp³-hybridized carbons (Fsp3) is 0.0769. The van der Waals surface area contributed by atoms with Crippen molar-refractivity contribution >= 4 is 11.4 Å². The summed E-state index contributed by atoms with van der Waals surface area (Å²) in [4.78, 5) is 2.42. The van der Waals surface area contributed by atoms with E-state index in [1.165, 1.54) is 19.1 Å². The van der Waals surface area contributed by atoms with Crippen molar-refractivity contribution in [1.82, 2.24) is 4.98 Å². The molecule has 1 aromatic carbocycles. The van der Waals surface area contributed by atoms with E-state index in [1.807, 2.05) is 5.43 Å². The highest BCUT2D eigenvalue weighted by atomic mass is 19.2. The number of phenolic OH excluding ortho intramolecular Hbond substituents is 1. The highest BCUT2D eigenvalue weighted by molar-refractivity contribution is 6.01. The fourth-order valence-electron chi connectivity index (χ4n) is 1.56. The molecule has 0 saturated carbocycles. The van der Waals surface area contributed by atoms with Gasteiger partial charge in [0.2, 0.25) is 11.6 Å². The predicted molar refractivity (Wildman–Crippen MR) is 68.0 cm³/mol. The number of hydrogen-bond acceptors (Lipinski definition) is 4. The number of para-hydroxylation sites is 1. The van der Waals surface area contributed by atoms with E-state index in [-0.39, 0.29) is 11.5 Å². The van der Waals surface area contributed by atoms with E-state index in [0.29, 0.717) is 5.56 Å². The van der Waals surface area contributed by atoms with Crippen molar-refractivity contribution in [3.63, 3.8) is 0 Å². The Kier molecular flexibility index (Phi) is 4.06. The second kappa shape index (κ2) is 5.78. The summed E-state index contributed by atoms with van der Waals surface area (Å²) in [5.41, 5.74) is 1.24. The van der Waals surface area contributed by atoms with Gasteiger partial charge in [0.25, 0.3) is 11.9 Å². The molecule has 0 unspecified atom stereocenters. The van der Waals surface area contributed by atoms with Crippen LogP contribution in [0.4, 0.5) is 23.2 Å². The summed E-state index contributed by atoms with van der Waals surface area (Å²) >= 11 is 0. The number of benzene rings is 1. The summed E-state index contributed by atoms with van der Waals surface area (Å²) in [6.45, 7) is 1.44. The average molecular weight is 299 g/mol. The van der Waals surface area contributed by atoms with Gasteiger partial charge in [0.1, 0.15) is 11.4 Å². The van der Waals surface area contributed by atoms with Crippen LogP contribution in [0.1, 0.15) is 12.5 Å². The molecule has 0 radical (unpaired) electrons. The van der Waals surface area contributed by atoms with Gasteiger partial charge in [0.15, 0.2) is 0 Å². The molecule has 0 aliphatic heterocycles. The monoisotopic (exact) mass is 299 g/mol. The lowest BCUT2D eigenvalue weighted by atomic mass is 10.1. The molecular formula is C13H9F4N3O. The van der Waals surface area contributed by atoms with Gasteiger partial charge in [-0.15, -0.1) is 0 Å². The number of aromatic hydroxyl groups is 1. The zero-order chi connectivity index (χ0) is 15.6. The van der Waals surface area contributed by atoms with E-state index in [4.69, 9.17) is 0 Å². The molecule has 4 nitrogen and oxygen atoms in total. The minimum Gasteiger partial charge on any atom is -0.507 e. The van der Waals surface area contributed by atoms with Crippen molar-refractivity contribution in [2.45, 2.75) is 6.92 Å². The molecule has 0 atom stereocenters. The molecule has 21 heavy (non-hydrogen) atoms. The van der Waals surface area contributed by atoms with Crippen LogP contribution in [0.3, 0.4) is 0 Å². The molecular weight excluding hydrogens is 290 g/mol. The number of hydrazone groups is 1. The Morgan fingerprint density at radius 1 is 1.10 bits per heavy atom. The number of halogens is 4. The second-order valence-corrected chi connectivity index (χ2v) is 4.02. The highest BCUT2D eigenvalue weighted by Gasteiger charge is 2.20. The Balaban J connectivity index is 2.36. The minimum absolute atomic E-state index is 0.103. The van der Waals surface area contributed by atoms with Crippen molar-refractivity contribution < 1.29 is 22.7 Å². The van der Waals surface area contributed by atoms with Crippen LogP contribution < -0.4 is 5.43 Å². The lowest BCUT2D eigenvalue weighted by molar-refractivity contribution is 0.411. The van der Waals surface area contributed by atoms with E-state index in [0.717, 1.165) is 0 Å². The first kappa shape index (κ1) is 14.8. The van der Waals surface area contributed by atoms with Gasteiger partial charge in [-0.2, -0.15) is 27.6 Å². The summed E-state index contributed by atoms with van der Waals surface area (Å²) in [7, 11) is 0. The Hall–Kier alpha value is -2.64. The van der Waals surface area contributed by atoms with Crippen molar-refractivity contribution in [2.75, 3.05) is 5.43 Å². The molecule has 0 aliphatic rings. The first-order valence-corrected chi connectivity index (χ1v) is 5.70. The number of pyridine rings is 1. The van der Waals surface area contributed by atoms with Gasteiger partial charge < -0.3 is 5.11 Å². The Labute approximate surface area is 116 Å². The third-order valence-electron chi connectivity index (χ3n) is 2.63. The first-order valence-electron chi connectivity index (χ1n) is 5.70. The van der Waals surface area contributed by atoms with Crippen LogP contribution in [0.15, 0.2) is 29.4 Å². The van der Waals surface area contributed by atoms with Gasteiger partial charge in [0.05, 0.1) is 5.71 Å². The van der Waals surface area contributed by atoms with Crippen LogP contribution in [0.2, 0.25) is 0 Å². The molecule has 2 rings (SSSR count). The smallest absolute Gasteiger partial charge is 0.254 e. The van der Waals surface area contributed by atoms with Crippen LogP contribution in [0.5, 0.6) is 5.75 Å². The van der Waals surface area contributed by atoms with E-state index >= 15 is 0 Å². The SMILES string of the molecule is C/C(=N/Nc1c(F)c(F)nc(F)c1F)c1ccccc1O. The third kappa shape index (κ3) is 2.93. The van der Waals surface area contributed by atoms with Crippen molar-refractivity contribution in [2.24, 2.45) is 5.10 Å². The van der Waals surface area contributed by atoms with Crippen LogP contribution >= 0.6 is 0 Å². The van der Waals surface area contributed by atoms with Gasteiger partial charge in [-0.05, 0) is 19.1 Å². The van der Waals surface area contributed by atoms with Crippen molar-refractivity contribution in [1.29, 1.82) is 0 Å². The lowest BCUT2D eigenvalue weighted by Crippen LogP contribution is -2.07. The molecule has 1 aromatic heterocycles. The van der Waals surface area contributed by atoms with E-state index in [9.17, 15) is 22.7 Å². The lowest BCUT2D eigenvalue weighted by Gasteiger charge is -2.07. The van der Waals surface area contributed by atoms with Crippen LogP contribution in [0.25, 0.3) is 0 Å². The summed E-state index contributed by atoms with van der Waals surface area (Å²) < 4.78 is 52.5. The molecule has 2 aromatic rings. The number of phenols is 1. The van der Waals surface area contributed by atoms with Gasteiger partial charge in [-0.1, -0.05) is 12.1 Å². The van der Waals surface area contributed by atoms with Gasteiger partial charge >= 0.3 is 0 Å². The molecule has 0 aliphatic carbocycles. The van der Waals surface area contributed by atoms with Crippen molar-refractivity contribution in [3.8, 4) is 5.75 Å². The Morgan fingerprint density at radius 3 is 2.24 bits per heavy atom. The van der Waals surface area contributed by atoms with E-state index in [2.05, 4.69) is 10.1 Å². The fourth-order valence-corrected chi connectivity index (χ4v) is 1.56. The first-order chi connectivity index (χ1) is 9.91. The topological polar surface area (TPSA) is 57.5 Å². The van der Waals surface area contributed by atoms with Gasteiger partial charge in [0, 0.05) is 5.56 Å². The summed E-state index contributed by atoms with van der Waals surface area (Å²) in [5.74, 6) is -7.06. The molecule has 0 fully saturated rings. The standard InChI is InChI=1S/C13H9F4N3O/c1-6(7-4-2-3-5-8(7)21)19-20-11-9(14)12(16)18-13(17)10(11)15/h2-5,21H,1H3,(H,18,20)/b19-6-. The molecule has 0 bridgehead atoms. The average Bonchev–Trinajstić information content (AvgIpc) is 2.45. The Morgan fingerprint density at radius 2 is 1.67 bits per heavy atom. The summed E-state index contributed by atoms with van der Waals surface area (Å²) in [6, 6.07) is 6.09. The number of nitrogens with one attached hydrogen (secondary N) is 1. The summed E-state index contributed by atoms with van der Waals surface area (Å²) in [5, 5.41) is 13.2. The molecule has 0 amide bonds. The zero-order valence-corrected chi connectivity index (χ0v) is 10.7. The maximum atomic E-state index is 13.3. The number of nitrogens with zero attached hydrogens (tertiary/aromatic N) is 2. The van der Waals surface area contributed by atoms with Gasteiger partial charge in [-0.3, -0.25) is 5.43 Å². The van der Waals surface area contributed by atoms with E-state index < -0.39 is 29.2 Å². The molecule has 110 valence electrons. The highest BCUT2D eigenvalue weighted by Crippen LogP contribution is 2.22. The van der Waals surface area contributed by atoms with Crippen LogP contribution in [-0.2, 0) is 0 Å². The summed E-state index contributed by atoms with van der Waals surface area (Å²) in [6.07, 6.45) is 0. The largest absolute Gasteiger partial charge is 0.507 e. The molecule has 1 heterocycles. The third-order valence-corrected chi connectivity index (χ3v) is 2.63. The number of anilines is 1.